The van der Waals surface area contributed by atoms with Gasteiger partial charge in [-0.05, 0) is 37.0 Å². The molecule has 2 amide bonds. The van der Waals surface area contributed by atoms with Gasteiger partial charge in [-0.3, -0.25) is 9.59 Å². The van der Waals surface area contributed by atoms with Gasteiger partial charge in [0.05, 0.1) is 6.42 Å². The number of rotatable bonds is 4. The molecule has 0 spiro atoms. The largest absolute Gasteiger partial charge is 0.340 e. The average Bonchev–Trinajstić information content (AvgIpc) is 2.86. The normalized spacial score (nSPS) is 20.7. The molecule has 1 aromatic rings. The summed E-state index contributed by atoms with van der Waals surface area (Å²) < 4.78 is 0. The predicted octanol–water partition coefficient (Wildman–Crippen LogP) is 1.32. The predicted molar refractivity (Wildman–Crippen MR) is 85.8 cm³/mol. The standard InChI is InChI=1S/C17H23N3O2/c1-12-11-20(8-7-18-12)17(22)4-2-3-13-5-6-15-14(9-13)10-16(21)19-15/h5-6,9,12,18H,2-4,7-8,10-11H2,1H3,(H,19,21)/t12-/m0/s1. The van der Waals surface area contributed by atoms with Crippen molar-refractivity contribution in [1.82, 2.24) is 10.2 Å². The lowest BCUT2D eigenvalue weighted by Crippen LogP contribution is -2.51. The van der Waals surface area contributed by atoms with E-state index in [1.807, 2.05) is 17.0 Å². The molecule has 1 aromatic carbocycles. The van der Waals surface area contributed by atoms with Crippen LogP contribution in [0.4, 0.5) is 5.69 Å². The molecule has 3 rings (SSSR count). The summed E-state index contributed by atoms with van der Waals surface area (Å²) in [6.07, 6.45) is 2.81. The van der Waals surface area contributed by atoms with Crippen molar-refractivity contribution < 1.29 is 9.59 Å². The first-order valence-corrected chi connectivity index (χ1v) is 8.04. The Hall–Kier alpha value is -1.88. The highest BCUT2D eigenvalue weighted by Gasteiger charge is 2.20. The Balaban J connectivity index is 1.48. The molecular formula is C17H23N3O2. The molecule has 1 atom stereocenters. The molecule has 0 radical (unpaired) electrons. The molecule has 5 heteroatoms. The molecule has 0 bridgehead atoms. The van der Waals surface area contributed by atoms with E-state index in [-0.39, 0.29) is 11.8 Å². The lowest BCUT2D eigenvalue weighted by molar-refractivity contribution is -0.132. The van der Waals surface area contributed by atoms with Gasteiger partial charge in [0.2, 0.25) is 11.8 Å². The maximum atomic E-state index is 12.2. The van der Waals surface area contributed by atoms with E-state index in [1.54, 1.807) is 0 Å². The summed E-state index contributed by atoms with van der Waals surface area (Å²) in [5.74, 6) is 0.321. The third-order valence-corrected chi connectivity index (χ3v) is 4.37. The van der Waals surface area contributed by atoms with Gasteiger partial charge in [-0.2, -0.15) is 0 Å². The lowest BCUT2D eigenvalue weighted by atomic mass is 10.0. The molecule has 2 aliphatic rings. The van der Waals surface area contributed by atoms with Crippen LogP contribution in [0.15, 0.2) is 18.2 Å². The first-order valence-electron chi connectivity index (χ1n) is 8.04. The van der Waals surface area contributed by atoms with Gasteiger partial charge >= 0.3 is 0 Å². The van der Waals surface area contributed by atoms with E-state index in [9.17, 15) is 9.59 Å². The molecule has 0 unspecified atom stereocenters. The van der Waals surface area contributed by atoms with Crippen molar-refractivity contribution in [2.45, 2.75) is 38.6 Å². The minimum absolute atomic E-state index is 0.0650. The summed E-state index contributed by atoms with van der Waals surface area (Å²) in [6.45, 7) is 4.62. The molecule has 2 N–H and O–H groups in total. The van der Waals surface area contributed by atoms with Crippen LogP contribution in [-0.2, 0) is 22.4 Å². The molecule has 2 heterocycles. The number of aryl methyl sites for hydroxylation is 1. The molecule has 5 nitrogen and oxygen atoms in total. The van der Waals surface area contributed by atoms with Gasteiger partial charge in [0.1, 0.15) is 0 Å². The highest BCUT2D eigenvalue weighted by molar-refractivity contribution is 5.99. The quantitative estimate of drug-likeness (QED) is 0.882. The van der Waals surface area contributed by atoms with Crippen molar-refractivity contribution in [2.75, 3.05) is 25.0 Å². The van der Waals surface area contributed by atoms with Crippen molar-refractivity contribution in [3.05, 3.63) is 29.3 Å². The van der Waals surface area contributed by atoms with E-state index >= 15 is 0 Å². The second kappa shape index (κ2) is 6.48. The first-order chi connectivity index (χ1) is 10.6. The lowest BCUT2D eigenvalue weighted by Gasteiger charge is -2.32. The third kappa shape index (κ3) is 3.47. The zero-order valence-corrected chi connectivity index (χ0v) is 13.0. The first kappa shape index (κ1) is 15.0. The number of nitrogens with one attached hydrogen (secondary N) is 2. The van der Waals surface area contributed by atoms with Crippen LogP contribution in [0.3, 0.4) is 0 Å². The van der Waals surface area contributed by atoms with Crippen LogP contribution >= 0.6 is 0 Å². The van der Waals surface area contributed by atoms with Gasteiger partial charge in [-0.25, -0.2) is 0 Å². The van der Waals surface area contributed by atoms with Gasteiger partial charge in [-0.15, -0.1) is 0 Å². The summed E-state index contributed by atoms with van der Waals surface area (Å²) in [6, 6.07) is 6.49. The van der Waals surface area contributed by atoms with E-state index in [0.29, 0.717) is 18.9 Å². The van der Waals surface area contributed by atoms with Gasteiger partial charge in [-0.1, -0.05) is 12.1 Å². The monoisotopic (exact) mass is 301 g/mol. The Bertz CT molecular complexity index is 585. The highest BCUT2D eigenvalue weighted by atomic mass is 16.2. The van der Waals surface area contributed by atoms with Crippen LogP contribution in [0.25, 0.3) is 0 Å². The van der Waals surface area contributed by atoms with Crippen molar-refractivity contribution in [3.8, 4) is 0 Å². The van der Waals surface area contributed by atoms with Gasteiger partial charge < -0.3 is 15.5 Å². The second-order valence-corrected chi connectivity index (χ2v) is 6.26. The SMILES string of the molecule is C[C@H]1CN(C(=O)CCCc2ccc3c(c2)CC(=O)N3)CCN1. The zero-order valence-electron chi connectivity index (χ0n) is 13.0. The summed E-state index contributed by atoms with van der Waals surface area (Å²) in [7, 11) is 0. The molecule has 118 valence electrons. The van der Waals surface area contributed by atoms with Crippen molar-refractivity contribution >= 4 is 17.5 Å². The number of piperazine rings is 1. The molecule has 0 saturated carbocycles. The van der Waals surface area contributed by atoms with E-state index < -0.39 is 0 Å². The Labute approximate surface area is 131 Å². The van der Waals surface area contributed by atoms with Crippen molar-refractivity contribution in [1.29, 1.82) is 0 Å². The smallest absolute Gasteiger partial charge is 0.228 e. The van der Waals surface area contributed by atoms with Crippen LogP contribution in [0, 0.1) is 0 Å². The third-order valence-electron chi connectivity index (χ3n) is 4.37. The highest BCUT2D eigenvalue weighted by Crippen LogP contribution is 2.24. The van der Waals surface area contributed by atoms with Crippen LogP contribution in [0.2, 0.25) is 0 Å². The van der Waals surface area contributed by atoms with Crippen LogP contribution in [0.1, 0.15) is 30.9 Å². The minimum Gasteiger partial charge on any atom is -0.340 e. The Morgan fingerprint density at radius 1 is 1.41 bits per heavy atom. The molecule has 0 aromatic heterocycles. The van der Waals surface area contributed by atoms with Crippen molar-refractivity contribution in [3.63, 3.8) is 0 Å². The average molecular weight is 301 g/mol. The number of amides is 2. The number of benzene rings is 1. The second-order valence-electron chi connectivity index (χ2n) is 6.26. The van der Waals surface area contributed by atoms with E-state index in [0.717, 1.165) is 43.7 Å². The molecule has 1 fully saturated rings. The molecule has 0 aliphatic carbocycles. The van der Waals surface area contributed by atoms with Crippen LogP contribution in [0.5, 0.6) is 0 Å². The van der Waals surface area contributed by atoms with E-state index in [4.69, 9.17) is 0 Å². The summed E-state index contributed by atoms with van der Waals surface area (Å²) in [5, 5.41) is 6.19. The number of carbonyl (C=O) groups is 2. The van der Waals surface area contributed by atoms with Gasteiger partial charge in [0, 0.05) is 37.8 Å². The number of carbonyl (C=O) groups excluding carboxylic acids is 2. The Kier molecular flexibility index (Phi) is 4.43. The summed E-state index contributed by atoms with van der Waals surface area (Å²) in [5.41, 5.74) is 3.21. The maximum Gasteiger partial charge on any atom is 0.228 e. The van der Waals surface area contributed by atoms with Crippen molar-refractivity contribution in [2.24, 2.45) is 0 Å². The molecule has 2 aliphatic heterocycles. The fraction of sp³-hybridized carbons (Fsp3) is 0.529. The minimum atomic E-state index is 0.0650. The summed E-state index contributed by atoms with van der Waals surface area (Å²) in [4.78, 5) is 25.5. The molecular weight excluding hydrogens is 278 g/mol. The van der Waals surface area contributed by atoms with Gasteiger partial charge in [0.15, 0.2) is 0 Å². The number of fused-ring (bicyclic) bond motifs is 1. The van der Waals surface area contributed by atoms with Gasteiger partial charge in [0.25, 0.3) is 0 Å². The number of anilines is 1. The molecule has 1 saturated heterocycles. The van der Waals surface area contributed by atoms with Crippen LogP contribution < -0.4 is 10.6 Å². The molecule has 22 heavy (non-hydrogen) atoms. The number of hydrogen-bond acceptors (Lipinski definition) is 3. The van der Waals surface area contributed by atoms with Crippen LogP contribution in [-0.4, -0.2) is 42.4 Å². The van der Waals surface area contributed by atoms with E-state index in [2.05, 4.69) is 23.6 Å². The van der Waals surface area contributed by atoms with E-state index in [1.165, 1.54) is 5.56 Å². The fourth-order valence-electron chi connectivity index (χ4n) is 3.20. The number of nitrogens with zero attached hydrogens (tertiary/aromatic N) is 1. The fourth-order valence-corrected chi connectivity index (χ4v) is 3.20. The number of hydrogen-bond donors (Lipinski definition) is 2. The topological polar surface area (TPSA) is 61.4 Å². The Morgan fingerprint density at radius 3 is 3.09 bits per heavy atom. The maximum absolute atomic E-state index is 12.2. The summed E-state index contributed by atoms with van der Waals surface area (Å²) >= 11 is 0. The Morgan fingerprint density at radius 2 is 2.27 bits per heavy atom. The zero-order chi connectivity index (χ0) is 15.5.